The first-order valence-corrected chi connectivity index (χ1v) is 11.6. The summed E-state index contributed by atoms with van der Waals surface area (Å²) in [6.07, 6.45) is 5.46. The van der Waals surface area contributed by atoms with Crippen LogP contribution in [0.1, 0.15) is 38.7 Å². The molecule has 1 aliphatic carbocycles. The Kier molecular flexibility index (Phi) is 6.05. The third kappa shape index (κ3) is 4.32. The molecule has 7 heteroatoms. The van der Waals surface area contributed by atoms with Gasteiger partial charge in [-0.2, -0.15) is 0 Å². The van der Waals surface area contributed by atoms with Crippen molar-refractivity contribution in [3.63, 3.8) is 0 Å². The number of rotatable bonds is 6. The number of thiazole rings is 1. The van der Waals surface area contributed by atoms with Crippen LogP contribution in [0, 0.1) is 24.7 Å². The fourth-order valence-corrected chi connectivity index (χ4v) is 5.01. The summed E-state index contributed by atoms with van der Waals surface area (Å²) in [4.78, 5) is 45.0. The van der Waals surface area contributed by atoms with E-state index in [0.29, 0.717) is 24.4 Å². The number of hydrogen-bond donors (Lipinski definition) is 1. The van der Waals surface area contributed by atoms with Gasteiger partial charge in [0.1, 0.15) is 6.04 Å². The number of aryl methyl sites for hydroxylation is 1. The number of carbonyl (C=O) groups excluding carboxylic acids is 3. The SMILES string of the molecule is Cc1ccc(-c2csc(NC(=O)C(CC(C)C)N3C(=O)C4CC=CCC4C3=O)n2)cc1. The molecular formula is C24H27N3O3S. The zero-order valence-electron chi connectivity index (χ0n) is 18.0. The normalized spacial score (nSPS) is 21.5. The van der Waals surface area contributed by atoms with Crippen molar-refractivity contribution in [1.29, 1.82) is 0 Å². The van der Waals surface area contributed by atoms with Gasteiger partial charge in [0.15, 0.2) is 5.13 Å². The van der Waals surface area contributed by atoms with Gasteiger partial charge in [0.25, 0.3) is 0 Å². The Bertz CT molecular complexity index is 999. The van der Waals surface area contributed by atoms with Gasteiger partial charge in [0.2, 0.25) is 17.7 Å². The number of nitrogens with one attached hydrogen (secondary N) is 1. The Balaban J connectivity index is 1.54. The summed E-state index contributed by atoms with van der Waals surface area (Å²) in [6.45, 7) is 6.00. The number of hydrogen-bond acceptors (Lipinski definition) is 5. The number of anilines is 1. The number of amides is 3. The number of likely N-dealkylation sites (tertiary alicyclic amines) is 1. The zero-order chi connectivity index (χ0) is 22.1. The molecule has 0 bridgehead atoms. The molecule has 1 fully saturated rings. The third-order valence-electron chi connectivity index (χ3n) is 5.93. The zero-order valence-corrected chi connectivity index (χ0v) is 18.8. The number of carbonyl (C=O) groups is 3. The van der Waals surface area contributed by atoms with Crippen LogP contribution in [-0.4, -0.2) is 33.6 Å². The van der Waals surface area contributed by atoms with Crippen LogP contribution < -0.4 is 5.32 Å². The molecule has 3 unspecified atom stereocenters. The van der Waals surface area contributed by atoms with E-state index in [1.54, 1.807) is 0 Å². The molecule has 2 aromatic rings. The Morgan fingerprint density at radius 3 is 2.32 bits per heavy atom. The maximum absolute atomic E-state index is 13.2. The summed E-state index contributed by atoms with van der Waals surface area (Å²) in [5.74, 6) is -1.33. The second-order valence-electron chi connectivity index (χ2n) is 8.74. The van der Waals surface area contributed by atoms with Crippen LogP contribution in [0.25, 0.3) is 11.3 Å². The van der Waals surface area contributed by atoms with Crippen molar-refractivity contribution in [2.75, 3.05) is 5.32 Å². The molecule has 1 saturated heterocycles. The lowest BCUT2D eigenvalue weighted by atomic mass is 9.85. The molecule has 0 radical (unpaired) electrons. The highest BCUT2D eigenvalue weighted by molar-refractivity contribution is 7.14. The molecule has 4 rings (SSSR count). The molecule has 31 heavy (non-hydrogen) atoms. The van der Waals surface area contributed by atoms with Crippen LogP contribution >= 0.6 is 11.3 Å². The van der Waals surface area contributed by atoms with Gasteiger partial charge in [-0.3, -0.25) is 19.3 Å². The highest BCUT2D eigenvalue weighted by Gasteiger charge is 2.51. The smallest absolute Gasteiger partial charge is 0.249 e. The number of fused-ring (bicyclic) bond motifs is 1. The number of nitrogens with zero attached hydrogens (tertiary/aromatic N) is 2. The molecule has 1 aromatic heterocycles. The van der Waals surface area contributed by atoms with Gasteiger partial charge in [0, 0.05) is 10.9 Å². The van der Waals surface area contributed by atoms with E-state index in [1.165, 1.54) is 21.8 Å². The fraction of sp³-hybridized carbons (Fsp3) is 0.417. The number of benzene rings is 1. The second-order valence-corrected chi connectivity index (χ2v) is 9.60. The minimum atomic E-state index is -0.822. The maximum Gasteiger partial charge on any atom is 0.249 e. The van der Waals surface area contributed by atoms with E-state index >= 15 is 0 Å². The minimum absolute atomic E-state index is 0.150. The average Bonchev–Trinajstić information content (AvgIpc) is 3.30. The molecule has 1 N–H and O–H groups in total. The molecule has 1 aliphatic heterocycles. The monoisotopic (exact) mass is 437 g/mol. The Morgan fingerprint density at radius 2 is 1.74 bits per heavy atom. The summed E-state index contributed by atoms with van der Waals surface area (Å²) < 4.78 is 0. The second kappa shape index (κ2) is 8.75. The first-order valence-electron chi connectivity index (χ1n) is 10.7. The lowest BCUT2D eigenvalue weighted by Crippen LogP contribution is -2.48. The molecule has 2 aliphatic rings. The molecule has 0 spiro atoms. The summed E-state index contributed by atoms with van der Waals surface area (Å²) in [5, 5.41) is 5.21. The van der Waals surface area contributed by atoms with Crippen molar-refractivity contribution >= 4 is 34.2 Å². The van der Waals surface area contributed by atoms with E-state index in [9.17, 15) is 14.4 Å². The van der Waals surface area contributed by atoms with E-state index < -0.39 is 6.04 Å². The predicted octanol–water partition coefficient (Wildman–Crippen LogP) is 4.42. The van der Waals surface area contributed by atoms with Gasteiger partial charge in [-0.1, -0.05) is 55.8 Å². The lowest BCUT2D eigenvalue weighted by Gasteiger charge is -2.27. The maximum atomic E-state index is 13.2. The molecule has 0 saturated carbocycles. The Hall–Kier alpha value is -2.80. The highest BCUT2D eigenvalue weighted by atomic mass is 32.1. The Morgan fingerprint density at radius 1 is 1.13 bits per heavy atom. The van der Waals surface area contributed by atoms with Crippen molar-refractivity contribution in [2.45, 2.75) is 46.1 Å². The first kappa shape index (κ1) is 21.4. The van der Waals surface area contributed by atoms with Crippen molar-refractivity contribution < 1.29 is 14.4 Å². The lowest BCUT2D eigenvalue weighted by molar-refractivity contribution is -0.147. The van der Waals surface area contributed by atoms with Crippen LogP contribution in [0.3, 0.4) is 0 Å². The molecule has 6 nitrogen and oxygen atoms in total. The summed E-state index contributed by atoms with van der Waals surface area (Å²) in [7, 11) is 0. The Labute approximate surface area is 186 Å². The quantitative estimate of drug-likeness (QED) is 0.536. The fourth-order valence-electron chi connectivity index (χ4n) is 4.29. The topological polar surface area (TPSA) is 79.4 Å². The van der Waals surface area contributed by atoms with Crippen molar-refractivity contribution in [3.05, 3.63) is 47.4 Å². The van der Waals surface area contributed by atoms with Crippen LogP contribution in [0.2, 0.25) is 0 Å². The largest absolute Gasteiger partial charge is 0.300 e. The van der Waals surface area contributed by atoms with Crippen molar-refractivity contribution in [3.8, 4) is 11.3 Å². The standard InChI is InChI=1S/C24H27N3O3S/c1-14(2)12-20(27-22(29)17-6-4-5-7-18(17)23(27)30)21(28)26-24-25-19(13-31-24)16-10-8-15(3)9-11-16/h4-5,8-11,13-14,17-18,20H,6-7,12H2,1-3H3,(H,25,26,28). The van der Waals surface area contributed by atoms with E-state index in [0.717, 1.165) is 11.3 Å². The number of allylic oxidation sites excluding steroid dienone is 2. The average molecular weight is 438 g/mol. The van der Waals surface area contributed by atoms with Crippen LogP contribution in [0.5, 0.6) is 0 Å². The van der Waals surface area contributed by atoms with Gasteiger partial charge in [-0.25, -0.2) is 4.98 Å². The minimum Gasteiger partial charge on any atom is -0.300 e. The molecule has 3 atom stereocenters. The van der Waals surface area contributed by atoms with E-state index in [1.807, 2.05) is 62.6 Å². The van der Waals surface area contributed by atoms with E-state index in [4.69, 9.17) is 0 Å². The number of aromatic nitrogens is 1. The third-order valence-corrected chi connectivity index (χ3v) is 6.69. The van der Waals surface area contributed by atoms with Crippen molar-refractivity contribution in [2.24, 2.45) is 17.8 Å². The van der Waals surface area contributed by atoms with E-state index in [-0.39, 0.29) is 35.5 Å². The van der Waals surface area contributed by atoms with Gasteiger partial charge in [0.05, 0.1) is 17.5 Å². The van der Waals surface area contributed by atoms with Gasteiger partial charge in [-0.05, 0) is 32.1 Å². The van der Waals surface area contributed by atoms with Gasteiger partial charge >= 0.3 is 0 Å². The molecule has 2 heterocycles. The summed E-state index contributed by atoms with van der Waals surface area (Å²) >= 11 is 1.34. The first-order chi connectivity index (χ1) is 14.8. The molecule has 162 valence electrons. The molecular weight excluding hydrogens is 410 g/mol. The molecule has 3 amide bonds. The van der Waals surface area contributed by atoms with Gasteiger partial charge < -0.3 is 5.32 Å². The van der Waals surface area contributed by atoms with Crippen LogP contribution in [-0.2, 0) is 14.4 Å². The summed E-state index contributed by atoms with van der Waals surface area (Å²) in [6, 6.07) is 7.20. The highest BCUT2D eigenvalue weighted by Crippen LogP contribution is 2.37. The van der Waals surface area contributed by atoms with Crippen molar-refractivity contribution in [1.82, 2.24) is 9.88 Å². The summed E-state index contributed by atoms with van der Waals surface area (Å²) in [5.41, 5.74) is 2.92. The van der Waals surface area contributed by atoms with Crippen LogP contribution in [0.4, 0.5) is 5.13 Å². The predicted molar refractivity (Wildman–Crippen MR) is 121 cm³/mol. The van der Waals surface area contributed by atoms with Crippen LogP contribution in [0.15, 0.2) is 41.8 Å². The number of imide groups is 1. The van der Waals surface area contributed by atoms with E-state index in [2.05, 4.69) is 10.3 Å². The van der Waals surface area contributed by atoms with Gasteiger partial charge in [-0.15, -0.1) is 11.3 Å². The molecule has 1 aromatic carbocycles.